The Morgan fingerprint density at radius 2 is 1.00 bits per heavy atom. The van der Waals surface area contributed by atoms with Gasteiger partial charge in [0.2, 0.25) is 0 Å². The molecule has 0 heterocycles. The maximum Gasteiger partial charge on any atom is -0.00168 e. The first-order valence-corrected chi connectivity index (χ1v) is 6.47. The summed E-state index contributed by atoms with van der Waals surface area (Å²) in [5, 5.41) is 0. The maximum absolute atomic E-state index is 2.35. The molecule has 0 atom stereocenters. The summed E-state index contributed by atoms with van der Waals surface area (Å²) in [5.41, 5.74) is 8.70. The van der Waals surface area contributed by atoms with E-state index < -0.39 is 0 Å². The van der Waals surface area contributed by atoms with Crippen molar-refractivity contribution in [3.8, 4) is 0 Å². The van der Waals surface area contributed by atoms with Crippen LogP contribution in [0.2, 0.25) is 0 Å². The van der Waals surface area contributed by atoms with E-state index in [-0.39, 0.29) is 0 Å². The highest BCUT2D eigenvalue weighted by atomic mass is 14.2. The molecule has 0 aliphatic heterocycles. The predicted molar refractivity (Wildman–Crippen MR) is 76.2 cm³/mol. The third-order valence-electron chi connectivity index (χ3n) is 3.94. The molecule has 0 bridgehead atoms. The van der Waals surface area contributed by atoms with Gasteiger partial charge in [0.15, 0.2) is 0 Å². The molecule has 4 rings (SSSR count). The highest BCUT2D eigenvalue weighted by Crippen LogP contribution is 2.35. The zero-order chi connectivity index (χ0) is 11.9. The molecule has 0 heteroatoms. The van der Waals surface area contributed by atoms with E-state index in [2.05, 4.69) is 60.7 Å². The van der Waals surface area contributed by atoms with E-state index >= 15 is 0 Å². The summed E-state index contributed by atoms with van der Waals surface area (Å²) in [6, 6.07) is 17.4. The van der Waals surface area contributed by atoms with E-state index in [9.17, 15) is 0 Å². The van der Waals surface area contributed by atoms with Crippen molar-refractivity contribution < 1.29 is 0 Å². The fourth-order valence-electron chi connectivity index (χ4n) is 2.97. The fourth-order valence-corrected chi connectivity index (χ4v) is 2.97. The molecular formula is C18H14. The molecule has 0 radical (unpaired) electrons. The highest BCUT2D eigenvalue weighted by molar-refractivity contribution is 5.76. The maximum atomic E-state index is 2.35. The summed E-state index contributed by atoms with van der Waals surface area (Å²) in [5.74, 6) is 0. The lowest BCUT2D eigenvalue weighted by molar-refractivity contribution is 1.13. The van der Waals surface area contributed by atoms with Crippen LogP contribution < -0.4 is 0 Å². The Kier molecular flexibility index (Phi) is 2.04. The van der Waals surface area contributed by atoms with Gasteiger partial charge in [0, 0.05) is 0 Å². The average molecular weight is 230 g/mol. The molecule has 0 aromatic heterocycles. The second kappa shape index (κ2) is 3.71. The summed E-state index contributed by atoms with van der Waals surface area (Å²) < 4.78 is 0. The van der Waals surface area contributed by atoms with E-state index in [4.69, 9.17) is 0 Å². The molecule has 0 spiro atoms. The van der Waals surface area contributed by atoms with E-state index in [0.717, 1.165) is 12.8 Å². The SMILES string of the molecule is C1=C(C2=Cc3ccccc3C2)Cc2ccccc21. The van der Waals surface area contributed by atoms with Gasteiger partial charge in [0.1, 0.15) is 0 Å². The van der Waals surface area contributed by atoms with Crippen LogP contribution in [0.5, 0.6) is 0 Å². The van der Waals surface area contributed by atoms with Crippen molar-refractivity contribution in [3.63, 3.8) is 0 Å². The van der Waals surface area contributed by atoms with Crippen molar-refractivity contribution in [2.45, 2.75) is 12.8 Å². The van der Waals surface area contributed by atoms with E-state index in [1.165, 1.54) is 33.4 Å². The molecular weight excluding hydrogens is 216 g/mol. The monoisotopic (exact) mass is 230 g/mol. The number of hydrogen-bond donors (Lipinski definition) is 0. The molecule has 2 aromatic carbocycles. The summed E-state index contributed by atoms with van der Waals surface area (Å²) in [4.78, 5) is 0. The van der Waals surface area contributed by atoms with Crippen LogP contribution in [0.4, 0.5) is 0 Å². The van der Waals surface area contributed by atoms with Gasteiger partial charge in [-0.2, -0.15) is 0 Å². The second-order valence-corrected chi connectivity index (χ2v) is 5.09. The Morgan fingerprint density at radius 1 is 0.556 bits per heavy atom. The first kappa shape index (κ1) is 9.90. The lowest BCUT2D eigenvalue weighted by Crippen LogP contribution is -1.90. The molecule has 0 N–H and O–H groups in total. The minimum Gasteiger partial charge on any atom is -0.0619 e. The van der Waals surface area contributed by atoms with Crippen molar-refractivity contribution in [2.75, 3.05) is 0 Å². The van der Waals surface area contributed by atoms with Crippen molar-refractivity contribution in [1.82, 2.24) is 0 Å². The molecule has 0 fully saturated rings. The Labute approximate surface area is 107 Å². The Hall–Kier alpha value is -2.08. The molecule has 86 valence electrons. The van der Waals surface area contributed by atoms with Crippen LogP contribution in [-0.4, -0.2) is 0 Å². The van der Waals surface area contributed by atoms with Gasteiger partial charge in [-0.3, -0.25) is 0 Å². The summed E-state index contributed by atoms with van der Waals surface area (Å²) in [6.07, 6.45) is 6.89. The molecule has 2 aromatic rings. The van der Waals surface area contributed by atoms with Crippen molar-refractivity contribution in [2.24, 2.45) is 0 Å². The first-order chi connectivity index (χ1) is 8.90. The predicted octanol–water partition coefficient (Wildman–Crippen LogP) is 4.27. The van der Waals surface area contributed by atoms with Crippen LogP contribution in [0.1, 0.15) is 22.3 Å². The quantitative estimate of drug-likeness (QED) is 0.686. The standard InChI is InChI=1S/C18H14/c1-2-6-14-10-17(9-13(14)5-1)18-11-15-7-3-4-8-16(15)12-18/h1-9,11H,10,12H2. The number of allylic oxidation sites excluding steroid dienone is 2. The van der Waals surface area contributed by atoms with Crippen LogP contribution in [0.3, 0.4) is 0 Å². The normalized spacial score (nSPS) is 16.0. The molecule has 18 heavy (non-hydrogen) atoms. The fraction of sp³-hybridized carbons (Fsp3) is 0.111. The lowest BCUT2D eigenvalue weighted by Gasteiger charge is -2.02. The minimum absolute atomic E-state index is 1.09. The molecule has 2 aliphatic carbocycles. The van der Waals surface area contributed by atoms with Gasteiger partial charge in [0.05, 0.1) is 0 Å². The van der Waals surface area contributed by atoms with Gasteiger partial charge in [-0.25, -0.2) is 0 Å². The van der Waals surface area contributed by atoms with Gasteiger partial charge >= 0.3 is 0 Å². The smallest absolute Gasteiger partial charge is 0.00168 e. The van der Waals surface area contributed by atoms with Gasteiger partial charge in [0.25, 0.3) is 0 Å². The molecule has 0 saturated carbocycles. The highest BCUT2D eigenvalue weighted by Gasteiger charge is 2.19. The molecule has 0 amide bonds. The van der Waals surface area contributed by atoms with Gasteiger partial charge < -0.3 is 0 Å². The zero-order valence-corrected chi connectivity index (χ0v) is 10.2. The first-order valence-electron chi connectivity index (χ1n) is 6.47. The Bertz CT molecular complexity index is 625. The van der Waals surface area contributed by atoms with E-state index in [0.29, 0.717) is 0 Å². The third kappa shape index (κ3) is 1.46. The van der Waals surface area contributed by atoms with E-state index in [1.807, 2.05) is 0 Å². The largest absolute Gasteiger partial charge is 0.0619 e. The van der Waals surface area contributed by atoms with Crippen LogP contribution >= 0.6 is 0 Å². The topological polar surface area (TPSA) is 0 Å². The number of hydrogen-bond acceptors (Lipinski definition) is 0. The second-order valence-electron chi connectivity index (χ2n) is 5.09. The Balaban J connectivity index is 1.70. The molecule has 2 aliphatic rings. The van der Waals surface area contributed by atoms with Crippen molar-refractivity contribution in [3.05, 3.63) is 81.9 Å². The van der Waals surface area contributed by atoms with Crippen molar-refractivity contribution in [1.29, 1.82) is 0 Å². The van der Waals surface area contributed by atoms with Crippen LogP contribution in [0.25, 0.3) is 12.2 Å². The lowest BCUT2D eigenvalue weighted by atomic mass is 10.0. The third-order valence-corrected chi connectivity index (χ3v) is 3.94. The summed E-state index contributed by atoms with van der Waals surface area (Å²) >= 11 is 0. The molecule has 0 nitrogen and oxygen atoms in total. The van der Waals surface area contributed by atoms with Crippen molar-refractivity contribution >= 4 is 12.2 Å². The van der Waals surface area contributed by atoms with Crippen LogP contribution in [-0.2, 0) is 12.8 Å². The number of benzene rings is 2. The zero-order valence-electron chi connectivity index (χ0n) is 10.2. The molecule has 0 unspecified atom stereocenters. The summed E-state index contributed by atoms with van der Waals surface area (Å²) in [7, 11) is 0. The average Bonchev–Trinajstić information content (AvgIpc) is 3.02. The minimum atomic E-state index is 1.09. The number of rotatable bonds is 1. The Morgan fingerprint density at radius 3 is 1.44 bits per heavy atom. The van der Waals surface area contributed by atoms with Gasteiger partial charge in [-0.1, -0.05) is 60.7 Å². The van der Waals surface area contributed by atoms with Gasteiger partial charge in [-0.15, -0.1) is 0 Å². The van der Waals surface area contributed by atoms with Crippen LogP contribution in [0.15, 0.2) is 59.7 Å². The molecule has 0 saturated heterocycles. The number of fused-ring (bicyclic) bond motifs is 2. The van der Waals surface area contributed by atoms with E-state index in [1.54, 1.807) is 0 Å². The van der Waals surface area contributed by atoms with Gasteiger partial charge in [-0.05, 0) is 46.2 Å². The summed E-state index contributed by atoms with van der Waals surface area (Å²) in [6.45, 7) is 0. The van der Waals surface area contributed by atoms with Crippen LogP contribution in [0, 0.1) is 0 Å².